The molecule has 1 fully saturated rings. The van der Waals surface area contributed by atoms with Gasteiger partial charge in [-0.3, -0.25) is 4.79 Å². The fourth-order valence-electron chi connectivity index (χ4n) is 4.23. The number of nitrogens with one attached hydrogen (secondary N) is 2. The summed E-state index contributed by atoms with van der Waals surface area (Å²) >= 11 is 0. The Balaban J connectivity index is 1.44. The van der Waals surface area contributed by atoms with Gasteiger partial charge in [-0.05, 0) is 48.2 Å². The molecule has 0 radical (unpaired) electrons. The van der Waals surface area contributed by atoms with Gasteiger partial charge in [-0.1, -0.05) is 18.2 Å². The minimum absolute atomic E-state index is 0.103. The minimum atomic E-state index is -3.63. The van der Waals surface area contributed by atoms with Crippen molar-refractivity contribution in [1.82, 2.24) is 9.29 Å². The highest BCUT2D eigenvalue weighted by molar-refractivity contribution is 7.89. The summed E-state index contributed by atoms with van der Waals surface area (Å²) < 4.78 is 27.8. The van der Waals surface area contributed by atoms with Crippen molar-refractivity contribution in [1.29, 1.82) is 0 Å². The number of nitrogens with zero attached hydrogens (tertiary/aromatic N) is 1. The van der Waals surface area contributed by atoms with Gasteiger partial charge in [0.2, 0.25) is 15.9 Å². The number of sulfonamides is 1. The van der Waals surface area contributed by atoms with E-state index in [0.717, 1.165) is 29.3 Å². The molecule has 2 aromatic carbocycles. The van der Waals surface area contributed by atoms with Crippen LogP contribution in [0.25, 0.3) is 10.9 Å². The molecule has 1 aromatic heterocycles. The fourth-order valence-corrected chi connectivity index (χ4v) is 5.54. The van der Waals surface area contributed by atoms with Crippen molar-refractivity contribution in [2.45, 2.75) is 29.6 Å². The molecule has 0 atom stereocenters. The van der Waals surface area contributed by atoms with Gasteiger partial charge >= 0.3 is 0 Å². The normalized spacial score (nSPS) is 17.7. The topological polar surface area (TPSA) is 82.3 Å². The van der Waals surface area contributed by atoms with Crippen LogP contribution in [0.15, 0.2) is 53.6 Å². The third kappa shape index (κ3) is 2.65. The van der Waals surface area contributed by atoms with Gasteiger partial charge < -0.3 is 10.3 Å². The number of carbonyl (C=O) groups is 1. The molecule has 6 nitrogen and oxygen atoms in total. The summed E-state index contributed by atoms with van der Waals surface area (Å²) in [5.74, 6) is -0.103. The lowest BCUT2D eigenvalue weighted by Gasteiger charge is -2.24. The monoisotopic (exact) mass is 395 g/mol. The molecule has 2 aliphatic rings. The lowest BCUT2D eigenvalue weighted by atomic mass is 9.95. The van der Waals surface area contributed by atoms with E-state index >= 15 is 0 Å². The average molecular weight is 395 g/mol. The summed E-state index contributed by atoms with van der Waals surface area (Å²) in [6.45, 7) is 0.436. The Labute approximate surface area is 163 Å². The number of amides is 1. The number of para-hydroxylation sites is 1. The molecule has 1 saturated carbocycles. The van der Waals surface area contributed by atoms with Gasteiger partial charge in [-0.15, -0.1) is 0 Å². The second-order valence-electron chi connectivity index (χ2n) is 7.83. The summed E-state index contributed by atoms with van der Waals surface area (Å²) in [7, 11) is -1.99. The van der Waals surface area contributed by atoms with E-state index in [1.807, 2.05) is 24.4 Å². The maximum absolute atomic E-state index is 13.2. The van der Waals surface area contributed by atoms with E-state index < -0.39 is 10.0 Å². The van der Waals surface area contributed by atoms with E-state index in [0.29, 0.717) is 12.2 Å². The van der Waals surface area contributed by atoms with E-state index in [4.69, 9.17) is 0 Å². The molecule has 0 spiro atoms. The van der Waals surface area contributed by atoms with Gasteiger partial charge in [0.05, 0.1) is 11.3 Å². The minimum Gasteiger partial charge on any atom is -0.361 e. The Morgan fingerprint density at radius 2 is 1.93 bits per heavy atom. The van der Waals surface area contributed by atoms with Gasteiger partial charge in [0, 0.05) is 41.8 Å². The highest BCUT2D eigenvalue weighted by Crippen LogP contribution is 2.51. The Morgan fingerprint density at radius 3 is 2.71 bits per heavy atom. The van der Waals surface area contributed by atoms with Gasteiger partial charge in [-0.2, -0.15) is 0 Å². The van der Waals surface area contributed by atoms with Crippen molar-refractivity contribution in [2.75, 3.05) is 18.9 Å². The number of carbonyl (C=O) groups excluding carboxylic acids is 1. The number of likely N-dealkylation sites (N-methyl/N-ethyl adjacent to an activating group) is 1. The van der Waals surface area contributed by atoms with E-state index in [1.54, 1.807) is 25.2 Å². The van der Waals surface area contributed by atoms with Crippen LogP contribution in [-0.2, 0) is 26.7 Å². The molecular formula is C21H21N3O3S. The van der Waals surface area contributed by atoms with Gasteiger partial charge in [0.25, 0.3) is 0 Å². The van der Waals surface area contributed by atoms with Gasteiger partial charge in [0.15, 0.2) is 0 Å². The lowest BCUT2D eigenvalue weighted by molar-refractivity contribution is -0.115. The largest absolute Gasteiger partial charge is 0.361 e. The van der Waals surface area contributed by atoms with E-state index in [1.165, 1.54) is 9.87 Å². The van der Waals surface area contributed by atoms with Crippen molar-refractivity contribution in [3.63, 3.8) is 0 Å². The first-order valence-corrected chi connectivity index (χ1v) is 10.8. The van der Waals surface area contributed by atoms with Crippen molar-refractivity contribution in [2.24, 2.45) is 0 Å². The van der Waals surface area contributed by atoms with Crippen LogP contribution in [0.5, 0.6) is 0 Å². The third-order valence-electron chi connectivity index (χ3n) is 5.95. The van der Waals surface area contributed by atoms with E-state index in [2.05, 4.69) is 16.4 Å². The van der Waals surface area contributed by atoms with Crippen LogP contribution in [0, 0.1) is 0 Å². The zero-order valence-electron chi connectivity index (χ0n) is 15.5. The molecule has 144 valence electrons. The predicted molar refractivity (Wildman–Crippen MR) is 108 cm³/mol. The third-order valence-corrected chi connectivity index (χ3v) is 7.75. The van der Waals surface area contributed by atoms with Crippen molar-refractivity contribution >= 4 is 32.5 Å². The van der Waals surface area contributed by atoms with Gasteiger partial charge in [-0.25, -0.2) is 12.7 Å². The summed E-state index contributed by atoms with van der Waals surface area (Å²) in [6.07, 6.45) is 4.18. The number of aromatic amines is 1. The maximum Gasteiger partial charge on any atom is 0.242 e. The fraction of sp³-hybridized carbons (Fsp3) is 0.286. The van der Waals surface area contributed by atoms with Crippen molar-refractivity contribution in [3.8, 4) is 0 Å². The summed E-state index contributed by atoms with van der Waals surface area (Å²) in [4.78, 5) is 15.1. The number of rotatable bonds is 5. The molecule has 2 N–H and O–H groups in total. The molecule has 1 amide bonds. The average Bonchev–Trinajstić information content (AvgIpc) is 3.14. The number of aromatic nitrogens is 1. The van der Waals surface area contributed by atoms with Crippen LogP contribution in [0.1, 0.15) is 24.0 Å². The van der Waals surface area contributed by atoms with Crippen molar-refractivity contribution < 1.29 is 13.2 Å². The molecule has 0 unspecified atom stereocenters. The number of benzene rings is 2. The smallest absolute Gasteiger partial charge is 0.242 e. The quantitative estimate of drug-likeness (QED) is 0.697. The lowest BCUT2D eigenvalue weighted by Crippen LogP contribution is -2.34. The molecule has 0 saturated heterocycles. The van der Waals surface area contributed by atoms with Crippen LogP contribution in [-0.4, -0.2) is 37.2 Å². The van der Waals surface area contributed by atoms with Crippen LogP contribution in [0.3, 0.4) is 0 Å². The Bertz CT molecular complexity index is 1210. The second kappa shape index (κ2) is 5.93. The molecule has 3 aromatic rings. The molecule has 28 heavy (non-hydrogen) atoms. The van der Waals surface area contributed by atoms with Crippen LogP contribution < -0.4 is 5.32 Å². The van der Waals surface area contributed by atoms with Crippen LogP contribution in [0.2, 0.25) is 0 Å². The molecule has 0 bridgehead atoms. The number of hydrogen-bond donors (Lipinski definition) is 2. The molecular weight excluding hydrogens is 374 g/mol. The Kier molecular flexibility index (Phi) is 3.70. The molecule has 1 aliphatic heterocycles. The summed E-state index contributed by atoms with van der Waals surface area (Å²) in [5.41, 5.74) is 3.55. The highest BCUT2D eigenvalue weighted by Gasteiger charge is 2.48. The highest BCUT2D eigenvalue weighted by atomic mass is 32.2. The van der Waals surface area contributed by atoms with Crippen molar-refractivity contribution in [3.05, 3.63) is 59.8 Å². The first-order valence-electron chi connectivity index (χ1n) is 9.35. The van der Waals surface area contributed by atoms with Gasteiger partial charge in [0.1, 0.15) is 0 Å². The first kappa shape index (κ1) is 17.5. The summed E-state index contributed by atoms with van der Waals surface area (Å²) in [6, 6.07) is 13.0. The first-order chi connectivity index (χ1) is 13.4. The number of anilines is 1. The zero-order valence-corrected chi connectivity index (χ0v) is 16.3. The molecule has 2 heterocycles. The number of hydrogen-bond acceptors (Lipinski definition) is 3. The Morgan fingerprint density at radius 1 is 1.14 bits per heavy atom. The molecule has 7 heteroatoms. The maximum atomic E-state index is 13.2. The molecule has 1 aliphatic carbocycles. The second-order valence-corrected chi connectivity index (χ2v) is 9.88. The standard InChI is InChI=1S/C21H21N3O3S/c1-24(28(26,27)15-6-7-18-14(10-15)11-20(25)23-18)13-21(8-9-21)17-12-22-19-5-3-2-4-16(17)19/h2-7,10,12,22H,8-9,11,13H2,1H3,(H,23,25). The number of fused-ring (bicyclic) bond motifs is 2. The molecule has 5 rings (SSSR count). The van der Waals surface area contributed by atoms with E-state index in [9.17, 15) is 13.2 Å². The van der Waals surface area contributed by atoms with Crippen LogP contribution in [0.4, 0.5) is 5.69 Å². The predicted octanol–water partition coefficient (Wildman–Crippen LogP) is 3.01. The number of H-pyrrole nitrogens is 1. The van der Waals surface area contributed by atoms with Crippen LogP contribution >= 0.6 is 0 Å². The zero-order chi connectivity index (χ0) is 19.5. The van der Waals surface area contributed by atoms with E-state index in [-0.39, 0.29) is 22.6 Å². The summed E-state index contributed by atoms with van der Waals surface area (Å²) in [5, 5.41) is 3.90. The SMILES string of the molecule is CN(CC1(c2c[nH]c3ccccc23)CC1)S(=O)(=O)c1ccc2c(c1)CC(=O)N2. The Hall–Kier alpha value is -2.64.